The molecule has 2 aliphatic carbocycles. The van der Waals surface area contributed by atoms with Gasteiger partial charge < -0.3 is 10.0 Å². The van der Waals surface area contributed by atoms with Gasteiger partial charge in [0.25, 0.3) is 0 Å². The van der Waals surface area contributed by atoms with Crippen molar-refractivity contribution in [3.8, 4) is 0 Å². The van der Waals surface area contributed by atoms with Crippen LogP contribution in [0.1, 0.15) is 36.8 Å². The largest absolute Gasteiger partial charge is 0.387 e. The monoisotopic (exact) mass is 257 g/mol. The zero-order valence-corrected chi connectivity index (χ0v) is 11.9. The van der Waals surface area contributed by atoms with Crippen LogP contribution in [-0.2, 0) is 5.41 Å². The van der Waals surface area contributed by atoms with E-state index >= 15 is 0 Å². The highest BCUT2D eigenvalue weighted by atomic mass is 16.3. The highest BCUT2D eigenvalue weighted by Crippen LogP contribution is 2.51. The lowest BCUT2D eigenvalue weighted by Gasteiger charge is -2.22. The Morgan fingerprint density at radius 3 is 2.58 bits per heavy atom. The van der Waals surface area contributed by atoms with Crippen LogP contribution in [0.15, 0.2) is 30.3 Å². The molecule has 0 saturated heterocycles. The van der Waals surface area contributed by atoms with Crippen LogP contribution in [0.5, 0.6) is 0 Å². The van der Waals surface area contributed by atoms with Crippen LogP contribution in [0.4, 0.5) is 0 Å². The zero-order chi connectivity index (χ0) is 13.5. The summed E-state index contributed by atoms with van der Waals surface area (Å²) in [6.07, 6.45) is 7.09. The molecule has 1 fully saturated rings. The lowest BCUT2D eigenvalue weighted by molar-refractivity contribution is 0.186. The van der Waals surface area contributed by atoms with Gasteiger partial charge in [-0.2, -0.15) is 0 Å². The number of benzene rings is 1. The average molecular weight is 257 g/mol. The van der Waals surface area contributed by atoms with Crippen molar-refractivity contribution >= 4 is 5.57 Å². The van der Waals surface area contributed by atoms with E-state index in [9.17, 15) is 5.11 Å². The predicted molar refractivity (Wildman–Crippen MR) is 79.1 cm³/mol. The number of likely N-dealkylation sites (N-methyl/N-ethyl adjacent to an activating group) is 1. The van der Waals surface area contributed by atoms with E-state index in [2.05, 4.69) is 30.3 Å². The highest BCUT2D eigenvalue weighted by molar-refractivity contribution is 5.79. The third kappa shape index (κ3) is 2.13. The molecule has 2 nitrogen and oxygen atoms in total. The fourth-order valence-corrected chi connectivity index (χ4v) is 3.76. The Labute approximate surface area is 115 Å². The van der Waals surface area contributed by atoms with Crippen molar-refractivity contribution in [3.05, 3.63) is 41.5 Å². The molecular formula is C17H23NO. The van der Waals surface area contributed by atoms with Crippen molar-refractivity contribution in [2.45, 2.75) is 37.2 Å². The fourth-order valence-electron chi connectivity index (χ4n) is 3.76. The molecule has 102 valence electrons. The quantitative estimate of drug-likeness (QED) is 0.900. The van der Waals surface area contributed by atoms with Gasteiger partial charge in [0.1, 0.15) is 0 Å². The third-order valence-electron chi connectivity index (χ3n) is 4.60. The van der Waals surface area contributed by atoms with Gasteiger partial charge in [-0.15, -0.1) is 0 Å². The summed E-state index contributed by atoms with van der Waals surface area (Å²) in [5.74, 6) is 0. The maximum absolute atomic E-state index is 10.5. The van der Waals surface area contributed by atoms with Crippen LogP contribution in [-0.4, -0.2) is 36.8 Å². The van der Waals surface area contributed by atoms with Crippen molar-refractivity contribution in [2.24, 2.45) is 0 Å². The minimum Gasteiger partial charge on any atom is -0.387 e. The number of fused-ring (bicyclic) bond motifs is 2. The normalized spacial score (nSPS) is 21.8. The summed E-state index contributed by atoms with van der Waals surface area (Å²) in [5.41, 5.74) is 4.09. The van der Waals surface area contributed by atoms with Crippen molar-refractivity contribution in [1.29, 1.82) is 0 Å². The first-order valence-electron chi connectivity index (χ1n) is 7.28. The molecule has 1 aromatic rings. The van der Waals surface area contributed by atoms with Crippen molar-refractivity contribution in [2.75, 3.05) is 20.6 Å². The maximum atomic E-state index is 10.5. The molecule has 19 heavy (non-hydrogen) atoms. The minimum atomic E-state index is -0.379. The van der Waals surface area contributed by atoms with E-state index in [1.54, 1.807) is 0 Å². The number of allylic oxidation sites excluding steroid dienone is 1. The summed E-state index contributed by atoms with van der Waals surface area (Å²) in [6.45, 7) is 0.691. The van der Waals surface area contributed by atoms with Gasteiger partial charge in [0, 0.05) is 12.0 Å². The molecule has 0 aliphatic heterocycles. The molecule has 3 rings (SSSR count). The van der Waals surface area contributed by atoms with Crippen molar-refractivity contribution in [3.63, 3.8) is 0 Å². The van der Waals surface area contributed by atoms with E-state index in [1.165, 1.54) is 36.8 Å². The molecule has 1 saturated carbocycles. The van der Waals surface area contributed by atoms with Gasteiger partial charge >= 0.3 is 0 Å². The van der Waals surface area contributed by atoms with Crippen LogP contribution in [0.3, 0.4) is 0 Å². The van der Waals surface area contributed by atoms with E-state index in [4.69, 9.17) is 0 Å². The summed E-state index contributed by atoms with van der Waals surface area (Å²) in [4.78, 5) is 2.05. The fraction of sp³-hybridized carbons (Fsp3) is 0.529. The second kappa shape index (κ2) is 4.77. The SMILES string of the molecule is CN(C)CC(O)C1=CC2(CCCC2)c2ccccc21. The summed E-state index contributed by atoms with van der Waals surface area (Å²) in [5, 5.41) is 10.5. The number of nitrogens with zero attached hydrogens (tertiary/aromatic N) is 1. The summed E-state index contributed by atoms with van der Waals surface area (Å²) >= 11 is 0. The molecular weight excluding hydrogens is 234 g/mol. The second-order valence-electron chi connectivity index (χ2n) is 6.29. The van der Waals surface area contributed by atoms with Crippen molar-refractivity contribution in [1.82, 2.24) is 4.90 Å². The molecule has 2 aliphatic rings. The zero-order valence-electron chi connectivity index (χ0n) is 11.9. The molecule has 0 heterocycles. The van der Waals surface area contributed by atoms with Crippen LogP contribution in [0.2, 0.25) is 0 Å². The minimum absolute atomic E-state index is 0.221. The Morgan fingerprint density at radius 1 is 1.21 bits per heavy atom. The number of hydrogen-bond acceptors (Lipinski definition) is 2. The molecule has 0 aromatic heterocycles. The lowest BCUT2D eigenvalue weighted by Crippen LogP contribution is -2.26. The smallest absolute Gasteiger partial charge is 0.0919 e. The number of aliphatic hydroxyl groups is 1. The average Bonchev–Trinajstić information content (AvgIpc) is 2.97. The molecule has 0 radical (unpaired) electrons. The molecule has 0 amide bonds. The van der Waals surface area contributed by atoms with E-state index in [0.29, 0.717) is 6.54 Å². The molecule has 2 heteroatoms. The van der Waals surface area contributed by atoms with Crippen LogP contribution in [0.25, 0.3) is 5.57 Å². The van der Waals surface area contributed by atoms with Gasteiger partial charge in [-0.1, -0.05) is 43.2 Å². The van der Waals surface area contributed by atoms with E-state index in [1.807, 2.05) is 19.0 Å². The van der Waals surface area contributed by atoms with Crippen LogP contribution < -0.4 is 0 Å². The van der Waals surface area contributed by atoms with Crippen LogP contribution >= 0.6 is 0 Å². The van der Waals surface area contributed by atoms with Crippen molar-refractivity contribution < 1.29 is 5.11 Å². The maximum Gasteiger partial charge on any atom is 0.0919 e. The topological polar surface area (TPSA) is 23.5 Å². The first-order chi connectivity index (χ1) is 9.12. The number of hydrogen-bond donors (Lipinski definition) is 1. The van der Waals surface area contributed by atoms with Gasteiger partial charge in [0.05, 0.1) is 6.10 Å². The Kier molecular flexibility index (Phi) is 3.23. The lowest BCUT2D eigenvalue weighted by atomic mass is 9.81. The Balaban J connectivity index is 2.01. The molecule has 1 unspecified atom stereocenters. The number of rotatable bonds is 3. The molecule has 1 atom stereocenters. The standard InChI is InChI=1S/C17H23NO/c1-18(2)12-16(19)14-11-17(9-5-6-10-17)15-8-4-3-7-13(14)15/h3-4,7-8,11,16,19H,5-6,9-10,12H2,1-2H3. The predicted octanol–water partition coefficient (Wildman–Crippen LogP) is 2.82. The third-order valence-corrected chi connectivity index (χ3v) is 4.60. The Bertz CT molecular complexity index is 498. The van der Waals surface area contributed by atoms with E-state index in [-0.39, 0.29) is 11.5 Å². The number of aliphatic hydroxyl groups excluding tert-OH is 1. The second-order valence-corrected chi connectivity index (χ2v) is 6.29. The molecule has 1 aromatic carbocycles. The summed E-state index contributed by atoms with van der Waals surface area (Å²) in [7, 11) is 4.02. The summed E-state index contributed by atoms with van der Waals surface area (Å²) < 4.78 is 0. The van der Waals surface area contributed by atoms with E-state index < -0.39 is 0 Å². The van der Waals surface area contributed by atoms with Gasteiger partial charge in [0.2, 0.25) is 0 Å². The van der Waals surface area contributed by atoms with Crippen LogP contribution in [0, 0.1) is 0 Å². The van der Waals surface area contributed by atoms with Gasteiger partial charge in [0.15, 0.2) is 0 Å². The Morgan fingerprint density at radius 2 is 1.89 bits per heavy atom. The highest BCUT2D eigenvalue weighted by Gasteiger charge is 2.41. The first-order valence-corrected chi connectivity index (χ1v) is 7.28. The van der Waals surface area contributed by atoms with Gasteiger partial charge in [-0.05, 0) is 43.6 Å². The Hall–Kier alpha value is -1.12. The van der Waals surface area contributed by atoms with Gasteiger partial charge in [-0.3, -0.25) is 0 Å². The molecule has 1 spiro atoms. The summed E-state index contributed by atoms with van der Waals surface area (Å²) in [6, 6.07) is 8.65. The first kappa shape index (κ1) is 12.9. The molecule has 1 N–H and O–H groups in total. The van der Waals surface area contributed by atoms with Gasteiger partial charge in [-0.25, -0.2) is 0 Å². The van der Waals surface area contributed by atoms with E-state index in [0.717, 1.165) is 5.57 Å². The molecule has 0 bridgehead atoms.